The molecule has 68 valence electrons. The van der Waals surface area contributed by atoms with Crippen molar-refractivity contribution >= 4 is 11.8 Å². The van der Waals surface area contributed by atoms with Crippen LogP contribution in [0.15, 0.2) is 0 Å². The molecular formula is C9H14O3. The smallest absolute Gasteiger partial charge is 0.319 e. The van der Waals surface area contributed by atoms with Crippen LogP contribution in [0.25, 0.3) is 0 Å². The zero-order valence-electron chi connectivity index (χ0n) is 7.72. The molecule has 1 rings (SSSR count). The van der Waals surface area contributed by atoms with Crippen LogP contribution < -0.4 is 0 Å². The number of ether oxygens (including phenoxy) is 1. The zero-order chi connectivity index (χ0) is 9.35. The standard InChI is InChI=1S/C9H14O3/c1-4-7(10)9(3)6(2)5-12-8(9)11/h6H,4-5H2,1-3H3/t6-,9+/m1/s1. The van der Waals surface area contributed by atoms with Crippen molar-refractivity contribution in [3.63, 3.8) is 0 Å². The number of cyclic esters (lactones) is 1. The van der Waals surface area contributed by atoms with Crippen LogP contribution in [-0.2, 0) is 14.3 Å². The lowest BCUT2D eigenvalue weighted by Gasteiger charge is -2.20. The topological polar surface area (TPSA) is 43.4 Å². The summed E-state index contributed by atoms with van der Waals surface area (Å²) in [6.45, 7) is 5.70. The van der Waals surface area contributed by atoms with E-state index in [2.05, 4.69) is 0 Å². The van der Waals surface area contributed by atoms with Gasteiger partial charge in [-0.1, -0.05) is 13.8 Å². The van der Waals surface area contributed by atoms with Gasteiger partial charge in [0, 0.05) is 12.3 Å². The summed E-state index contributed by atoms with van der Waals surface area (Å²) in [5, 5.41) is 0. The van der Waals surface area contributed by atoms with E-state index < -0.39 is 5.41 Å². The molecule has 0 N–H and O–H groups in total. The quantitative estimate of drug-likeness (QED) is 0.461. The molecule has 1 aliphatic rings. The van der Waals surface area contributed by atoms with Crippen molar-refractivity contribution in [2.45, 2.75) is 27.2 Å². The predicted octanol–water partition coefficient (Wildman–Crippen LogP) is 1.16. The van der Waals surface area contributed by atoms with E-state index in [1.165, 1.54) is 0 Å². The maximum Gasteiger partial charge on any atom is 0.319 e. The molecule has 0 bridgehead atoms. The van der Waals surface area contributed by atoms with Crippen molar-refractivity contribution in [3.05, 3.63) is 0 Å². The van der Waals surface area contributed by atoms with Gasteiger partial charge in [0.05, 0.1) is 6.61 Å². The fraction of sp³-hybridized carbons (Fsp3) is 0.778. The van der Waals surface area contributed by atoms with Crippen LogP contribution in [0.3, 0.4) is 0 Å². The van der Waals surface area contributed by atoms with Gasteiger partial charge in [-0.05, 0) is 6.92 Å². The lowest BCUT2D eigenvalue weighted by molar-refractivity contribution is -0.150. The highest BCUT2D eigenvalue weighted by atomic mass is 16.5. The van der Waals surface area contributed by atoms with Gasteiger partial charge < -0.3 is 4.74 Å². The number of hydrogen-bond donors (Lipinski definition) is 0. The monoisotopic (exact) mass is 170 g/mol. The number of rotatable bonds is 2. The molecule has 3 heteroatoms. The third-order valence-electron chi connectivity index (χ3n) is 2.77. The molecule has 3 nitrogen and oxygen atoms in total. The molecule has 0 unspecified atom stereocenters. The van der Waals surface area contributed by atoms with Gasteiger partial charge in [0.25, 0.3) is 0 Å². The fourth-order valence-electron chi connectivity index (χ4n) is 1.47. The minimum absolute atomic E-state index is 0.0115. The third kappa shape index (κ3) is 1.04. The summed E-state index contributed by atoms with van der Waals surface area (Å²) in [5.74, 6) is -0.364. The van der Waals surface area contributed by atoms with Gasteiger partial charge in [0.1, 0.15) is 11.2 Å². The Morgan fingerprint density at radius 3 is 2.67 bits per heavy atom. The van der Waals surface area contributed by atoms with Crippen molar-refractivity contribution in [2.75, 3.05) is 6.61 Å². The number of hydrogen-bond acceptors (Lipinski definition) is 3. The highest BCUT2D eigenvalue weighted by Gasteiger charge is 2.50. The highest BCUT2D eigenvalue weighted by molar-refractivity contribution is 6.04. The maximum absolute atomic E-state index is 11.5. The van der Waals surface area contributed by atoms with Crippen molar-refractivity contribution in [3.8, 4) is 0 Å². The second-order valence-corrected chi connectivity index (χ2v) is 3.48. The Bertz CT molecular complexity index is 222. The van der Waals surface area contributed by atoms with Crippen LogP contribution >= 0.6 is 0 Å². The summed E-state index contributed by atoms with van der Waals surface area (Å²) < 4.78 is 4.84. The Labute approximate surface area is 72.1 Å². The van der Waals surface area contributed by atoms with Crippen molar-refractivity contribution in [1.82, 2.24) is 0 Å². The van der Waals surface area contributed by atoms with Gasteiger partial charge in [-0.3, -0.25) is 9.59 Å². The van der Waals surface area contributed by atoms with Crippen LogP contribution in [-0.4, -0.2) is 18.4 Å². The molecule has 0 radical (unpaired) electrons. The highest BCUT2D eigenvalue weighted by Crippen LogP contribution is 2.36. The van der Waals surface area contributed by atoms with E-state index in [9.17, 15) is 9.59 Å². The first kappa shape index (κ1) is 9.23. The number of carbonyl (C=O) groups is 2. The van der Waals surface area contributed by atoms with Gasteiger partial charge in [0.2, 0.25) is 0 Å². The molecular weight excluding hydrogens is 156 g/mol. The molecule has 0 aliphatic carbocycles. The number of esters is 1. The average Bonchev–Trinajstić information content (AvgIpc) is 2.32. The molecule has 0 amide bonds. The van der Waals surface area contributed by atoms with Crippen LogP contribution in [0.5, 0.6) is 0 Å². The van der Waals surface area contributed by atoms with Crippen LogP contribution in [0.2, 0.25) is 0 Å². The van der Waals surface area contributed by atoms with Gasteiger partial charge in [-0.15, -0.1) is 0 Å². The normalized spacial score (nSPS) is 34.9. The van der Waals surface area contributed by atoms with Gasteiger partial charge >= 0.3 is 5.97 Å². The van der Waals surface area contributed by atoms with Crippen molar-refractivity contribution in [2.24, 2.45) is 11.3 Å². The summed E-state index contributed by atoms with van der Waals surface area (Å²) in [6, 6.07) is 0. The summed E-state index contributed by atoms with van der Waals surface area (Å²) in [5.41, 5.74) is -0.880. The molecule has 0 aromatic heterocycles. The van der Waals surface area contributed by atoms with E-state index in [-0.39, 0.29) is 17.7 Å². The number of carbonyl (C=O) groups excluding carboxylic acids is 2. The molecule has 1 saturated heterocycles. The van der Waals surface area contributed by atoms with Crippen molar-refractivity contribution in [1.29, 1.82) is 0 Å². The van der Waals surface area contributed by atoms with Crippen LogP contribution in [0, 0.1) is 11.3 Å². The zero-order valence-corrected chi connectivity index (χ0v) is 7.72. The first-order chi connectivity index (χ1) is 5.53. The minimum Gasteiger partial charge on any atom is -0.465 e. The largest absolute Gasteiger partial charge is 0.465 e. The predicted molar refractivity (Wildman–Crippen MR) is 43.5 cm³/mol. The Morgan fingerprint density at radius 1 is 1.75 bits per heavy atom. The first-order valence-electron chi connectivity index (χ1n) is 4.24. The van der Waals surface area contributed by atoms with E-state index in [1.807, 2.05) is 6.92 Å². The number of ketones is 1. The molecule has 0 aromatic rings. The Balaban J connectivity index is 2.94. The van der Waals surface area contributed by atoms with E-state index >= 15 is 0 Å². The van der Waals surface area contributed by atoms with Gasteiger partial charge in [-0.2, -0.15) is 0 Å². The lowest BCUT2D eigenvalue weighted by Crippen LogP contribution is -2.36. The SMILES string of the molecule is CCC(=O)[C@@]1(C)C(=O)OC[C@H]1C. The molecule has 1 aliphatic heterocycles. The second kappa shape index (κ2) is 2.88. The second-order valence-electron chi connectivity index (χ2n) is 3.48. The molecule has 2 atom stereocenters. The average molecular weight is 170 g/mol. The maximum atomic E-state index is 11.5. The van der Waals surface area contributed by atoms with Gasteiger partial charge in [0.15, 0.2) is 0 Å². The van der Waals surface area contributed by atoms with E-state index in [0.29, 0.717) is 13.0 Å². The molecule has 1 heterocycles. The van der Waals surface area contributed by atoms with E-state index in [4.69, 9.17) is 4.74 Å². The molecule has 12 heavy (non-hydrogen) atoms. The molecule has 0 aromatic carbocycles. The van der Waals surface area contributed by atoms with Crippen LogP contribution in [0.1, 0.15) is 27.2 Å². The molecule has 1 fully saturated rings. The Morgan fingerprint density at radius 2 is 2.33 bits per heavy atom. The Kier molecular flexibility index (Phi) is 2.22. The fourth-order valence-corrected chi connectivity index (χ4v) is 1.47. The van der Waals surface area contributed by atoms with Gasteiger partial charge in [-0.25, -0.2) is 0 Å². The summed E-state index contributed by atoms with van der Waals surface area (Å²) in [4.78, 5) is 22.7. The van der Waals surface area contributed by atoms with Crippen LogP contribution in [0.4, 0.5) is 0 Å². The lowest BCUT2D eigenvalue weighted by atomic mass is 9.76. The van der Waals surface area contributed by atoms with E-state index in [1.54, 1.807) is 13.8 Å². The summed E-state index contributed by atoms with van der Waals surface area (Å²) in [6.07, 6.45) is 0.399. The van der Waals surface area contributed by atoms with E-state index in [0.717, 1.165) is 0 Å². The molecule has 0 saturated carbocycles. The third-order valence-corrected chi connectivity index (χ3v) is 2.77. The summed E-state index contributed by atoms with van der Waals surface area (Å²) in [7, 11) is 0. The minimum atomic E-state index is -0.880. The van der Waals surface area contributed by atoms with Crippen molar-refractivity contribution < 1.29 is 14.3 Å². The summed E-state index contributed by atoms with van der Waals surface area (Å²) >= 11 is 0. The first-order valence-corrected chi connectivity index (χ1v) is 4.24. The Hall–Kier alpha value is -0.860. The number of Topliss-reactive ketones (excluding diaryl/α,β-unsaturated/α-hetero) is 1. The molecule has 0 spiro atoms.